The normalized spacial score (nSPS) is 15.9. The Kier molecular flexibility index (Phi) is 6.45. The number of carboxylic acids is 1. The number of nitrogens with one attached hydrogen (secondary N) is 3. The number of amidine groups is 1. The number of rotatable bonds is 8. The molecule has 0 saturated heterocycles. The summed E-state index contributed by atoms with van der Waals surface area (Å²) in [5.74, 6) is -0.817. The van der Waals surface area contributed by atoms with Crippen LogP contribution in [0.5, 0.6) is 0 Å². The maximum Gasteiger partial charge on any atom is 0.323 e. The average Bonchev–Trinajstić information content (AvgIpc) is 3.21. The standard InChI is InChI=1S/C18H22N6O5S/c1-10(25)16(18(26)27)20-9-11-5-7-12(8-6-11)13-3-2-4-14(30(19,28)29)15(13)17-21-23-24-22-17/h2-8,10,16,20,23-25H,9H2,1H3,(H,21,22)(H,26,27)(H2,19,28,29)/p+1. The van der Waals surface area contributed by atoms with Gasteiger partial charge in [0.15, 0.2) is 0 Å². The van der Waals surface area contributed by atoms with Crippen LogP contribution in [0, 0.1) is 0 Å². The van der Waals surface area contributed by atoms with Crippen molar-refractivity contribution in [3.63, 3.8) is 0 Å². The number of primary sulfonamides is 1. The number of quaternary nitrogens is 1. The number of hydrogen-bond acceptors (Lipinski definition) is 8. The van der Waals surface area contributed by atoms with E-state index < -0.39 is 28.1 Å². The number of aliphatic carboxylic acids is 1. The number of aliphatic hydroxyl groups is 1. The lowest BCUT2D eigenvalue weighted by molar-refractivity contribution is -0.713. The van der Waals surface area contributed by atoms with Crippen LogP contribution in [0.15, 0.2) is 52.5 Å². The van der Waals surface area contributed by atoms with Crippen LogP contribution in [0.25, 0.3) is 11.1 Å². The quantitative estimate of drug-likeness (QED) is 0.236. The second kappa shape index (κ2) is 8.87. The fraction of sp³-hybridized carbons (Fsp3) is 0.222. The van der Waals surface area contributed by atoms with E-state index in [-0.39, 0.29) is 11.4 Å². The maximum atomic E-state index is 12.1. The number of nitrogens with zero attached hydrogens (tertiary/aromatic N) is 1. The number of nitrogens with two attached hydrogens (primary N) is 2. The summed E-state index contributed by atoms with van der Waals surface area (Å²) in [4.78, 5) is 11.1. The third kappa shape index (κ3) is 4.81. The van der Waals surface area contributed by atoms with Gasteiger partial charge in [-0.2, -0.15) is 0 Å². The highest BCUT2D eigenvalue weighted by atomic mass is 32.2. The molecule has 2 atom stereocenters. The summed E-state index contributed by atoms with van der Waals surface area (Å²) in [6, 6.07) is 10.8. The van der Waals surface area contributed by atoms with Gasteiger partial charge in [-0.3, -0.25) is 15.5 Å². The van der Waals surface area contributed by atoms with Gasteiger partial charge in [-0.1, -0.05) is 41.9 Å². The smallest absolute Gasteiger partial charge is 0.323 e. The van der Waals surface area contributed by atoms with Gasteiger partial charge in [0.1, 0.15) is 6.04 Å². The van der Waals surface area contributed by atoms with Crippen molar-refractivity contribution in [2.75, 3.05) is 0 Å². The highest BCUT2D eigenvalue weighted by molar-refractivity contribution is 7.89. The predicted octanol–water partition coefficient (Wildman–Crippen LogP) is -1.83. The predicted molar refractivity (Wildman–Crippen MR) is 108 cm³/mol. The number of hydrogen-bond donors (Lipinski definition) is 7. The molecule has 11 nitrogen and oxygen atoms in total. The van der Waals surface area contributed by atoms with Gasteiger partial charge in [0, 0.05) is 6.54 Å². The Morgan fingerprint density at radius 1 is 1.27 bits per heavy atom. The van der Waals surface area contributed by atoms with E-state index in [4.69, 9.17) is 10.2 Å². The second-order valence-electron chi connectivity index (χ2n) is 6.73. The molecule has 2 aromatic carbocycles. The Bertz CT molecular complexity index is 1070. The van der Waals surface area contributed by atoms with Gasteiger partial charge in [0.05, 0.1) is 16.6 Å². The lowest BCUT2D eigenvalue weighted by atomic mass is 9.98. The number of carbonyl (C=O) groups is 1. The molecule has 12 heteroatoms. The first-order valence-corrected chi connectivity index (χ1v) is 10.5. The van der Waals surface area contributed by atoms with Gasteiger partial charge in [0.25, 0.3) is 0 Å². The zero-order valence-corrected chi connectivity index (χ0v) is 16.8. The molecule has 9 N–H and O–H groups in total. The average molecular weight is 435 g/mol. The van der Waals surface area contributed by atoms with Crippen LogP contribution in [0.2, 0.25) is 0 Å². The first-order chi connectivity index (χ1) is 14.2. The van der Waals surface area contributed by atoms with Crippen molar-refractivity contribution in [3.05, 3.63) is 53.6 Å². The van der Waals surface area contributed by atoms with Gasteiger partial charge in [-0.25, -0.2) is 13.6 Å². The zero-order chi connectivity index (χ0) is 21.9. The summed E-state index contributed by atoms with van der Waals surface area (Å²) >= 11 is 0. The molecule has 30 heavy (non-hydrogen) atoms. The van der Waals surface area contributed by atoms with E-state index in [9.17, 15) is 18.3 Å². The highest BCUT2D eigenvalue weighted by Gasteiger charge is 2.25. The number of aliphatic hydroxyl groups excluding tert-OH is 1. The van der Waals surface area contributed by atoms with Crippen LogP contribution in [-0.4, -0.2) is 42.6 Å². The summed E-state index contributed by atoms with van der Waals surface area (Å²) in [6.45, 7) is 1.64. The molecule has 3 rings (SSSR count). The Morgan fingerprint density at radius 3 is 2.50 bits per heavy atom. The summed E-state index contributed by atoms with van der Waals surface area (Å²) < 4.78 is 24.2. The van der Waals surface area contributed by atoms with Crippen molar-refractivity contribution in [1.82, 2.24) is 16.3 Å². The molecule has 160 valence electrons. The first-order valence-electron chi connectivity index (χ1n) is 8.99. The maximum absolute atomic E-state index is 12.1. The molecule has 2 unspecified atom stereocenters. The van der Waals surface area contributed by atoms with Crippen molar-refractivity contribution in [3.8, 4) is 11.1 Å². The van der Waals surface area contributed by atoms with Gasteiger partial charge in [0.2, 0.25) is 15.9 Å². The molecule has 0 aliphatic carbocycles. The van der Waals surface area contributed by atoms with E-state index in [2.05, 4.69) is 21.4 Å². The van der Waals surface area contributed by atoms with E-state index in [1.807, 2.05) is 0 Å². The van der Waals surface area contributed by atoms with Crippen molar-refractivity contribution in [2.24, 2.45) is 10.2 Å². The Morgan fingerprint density at radius 2 is 1.97 bits per heavy atom. The van der Waals surface area contributed by atoms with E-state index in [1.165, 1.54) is 18.5 Å². The van der Waals surface area contributed by atoms with Crippen LogP contribution in [-0.2, 0) is 21.4 Å². The summed E-state index contributed by atoms with van der Waals surface area (Å²) in [5, 5.41) is 31.0. The molecule has 0 saturated carbocycles. The molecule has 1 aliphatic rings. The van der Waals surface area contributed by atoms with Crippen molar-refractivity contribution >= 4 is 21.8 Å². The largest absolute Gasteiger partial charge is 0.480 e. The molecule has 0 spiro atoms. The molecule has 0 fully saturated rings. The Balaban J connectivity index is 1.92. The number of carboxylic acid groups (broad SMARTS) is 1. The van der Waals surface area contributed by atoms with Crippen LogP contribution in [0.3, 0.4) is 0 Å². The Hall–Kier alpha value is -2.87. The highest BCUT2D eigenvalue weighted by Crippen LogP contribution is 2.29. The van der Waals surface area contributed by atoms with Gasteiger partial charge < -0.3 is 10.2 Å². The van der Waals surface area contributed by atoms with Crippen molar-refractivity contribution < 1.29 is 29.0 Å². The molecule has 0 aromatic heterocycles. The van der Waals surface area contributed by atoms with Gasteiger partial charge in [-0.05, 0) is 34.8 Å². The number of hydrazine groups is 1. The van der Waals surface area contributed by atoms with Crippen molar-refractivity contribution in [2.45, 2.75) is 30.5 Å². The molecule has 0 bridgehead atoms. The fourth-order valence-corrected chi connectivity index (χ4v) is 3.86. The minimum absolute atomic E-state index is 0.0599. The molecule has 0 radical (unpaired) electrons. The van der Waals surface area contributed by atoms with Gasteiger partial charge in [-0.15, -0.1) is 5.53 Å². The van der Waals surface area contributed by atoms with Crippen LogP contribution in [0.1, 0.15) is 18.1 Å². The van der Waals surface area contributed by atoms with E-state index in [1.54, 1.807) is 36.4 Å². The number of benzene rings is 2. The third-order valence-electron chi connectivity index (χ3n) is 4.56. The van der Waals surface area contributed by atoms with E-state index in [0.717, 1.165) is 11.1 Å². The molecule has 1 aliphatic heterocycles. The summed E-state index contributed by atoms with van der Waals surface area (Å²) in [5.41, 5.74) is 9.35. The van der Waals surface area contributed by atoms with Crippen LogP contribution in [0.4, 0.5) is 0 Å². The molecular formula is C18H23N6O5S+. The summed E-state index contributed by atoms with van der Waals surface area (Å²) in [6.07, 6.45) is -1.05. The fourth-order valence-electron chi connectivity index (χ4n) is 3.10. The SMILES string of the molecule is CC(O)C(NCc1ccc(-c2cccc(S(N)(=O)=O)c2C2=N[NH2+]NN2)cc1)C(=O)O. The first kappa shape index (κ1) is 21.8. The lowest BCUT2D eigenvalue weighted by Crippen LogP contribution is -2.87. The topological polar surface area (TPSA) is 183 Å². The van der Waals surface area contributed by atoms with Crippen LogP contribution >= 0.6 is 0 Å². The van der Waals surface area contributed by atoms with Gasteiger partial charge >= 0.3 is 5.97 Å². The summed E-state index contributed by atoms with van der Waals surface area (Å²) in [7, 11) is -4.00. The van der Waals surface area contributed by atoms with E-state index in [0.29, 0.717) is 17.0 Å². The second-order valence-corrected chi connectivity index (χ2v) is 8.26. The molecular weight excluding hydrogens is 412 g/mol. The molecule has 2 aromatic rings. The monoisotopic (exact) mass is 435 g/mol. The van der Waals surface area contributed by atoms with Crippen LogP contribution < -0.4 is 27.0 Å². The minimum atomic E-state index is -4.00. The third-order valence-corrected chi connectivity index (χ3v) is 5.51. The van der Waals surface area contributed by atoms with E-state index >= 15 is 0 Å². The molecule has 0 amide bonds. The lowest BCUT2D eigenvalue weighted by Gasteiger charge is -2.17. The zero-order valence-electron chi connectivity index (χ0n) is 16.0. The van der Waals surface area contributed by atoms with Crippen molar-refractivity contribution in [1.29, 1.82) is 0 Å². The Labute approximate surface area is 173 Å². The minimum Gasteiger partial charge on any atom is -0.480 e. The number of sulfonamides is 1. The molecule has 1 heterocycles.